The number of carbonyl (C=O) groups excluding carboxylic acids is 1. The monoisotopic (exact) mass is 271 g/mol. The van der Waals surface area contributed by atoms with E-state index in [2.05, 4.69) is 5.16 Å². The van der Waals surface area contributed by atoms with Crippen molar-refractivity contribution in [1.82, 2.24) is 0 Å². The van der Waals surface area contributed by atoms with Crippen LogP contribution in [0.4, 0.5) is 4.39 Å². The molecule has 0 spiro atoms. The second kappa shape index (κ2) is 4.45. The smallest absolute Gasteiger partial charge is 0.211 e. The molecule has 0 bridgehead atoms. The number of benzene rings is 2. The lowest BCUT2D eigenvalue weighted by atomic mass is 10.00. The van der Waals surface area contributed by atoms with Crippen molar-refractivity contribution >= 4 is 11.5 Å². The largest absolute Gasteiger partial charge is 0.508 e. The van der Waals surface area contributed by atoms with Crippen LogP contribution in [0, 0.1) is 5.82 Å². The van der Waals surface area contributed by atoms with Crippen molar-refractivity contribution < 1.29 is 19.5 Å². The van der Waals surface area contributed by atoms with Gasteiger partial charge in [-0.15, -0.1) is 0 Å². The fourth-order valence-electron chi connectivity index (χ4n) is 2.34. The number of halogens is 1. The number of hydrogen-bond acceptors (Lipinski definition) is 4. The van der Waals surface area contributed by atoms with Crippen molar-refractivity contribution in [3.05, 3.63) is 53.3 Å². The average molecular weight is 271 g/mol. The molecule has 0 heterocycles. The van der Waals surface area contributed by atoms with E-state index in [1.54, 1.807) is 18.2 Å². The summed E-state index contributed by atoms with van der Waals surface area (Å²) in [5.74, 6) is -1.06. The standard InChI is InChI=1S/C15H10FNO3/c16-13-7-10(18)3-4-11(13)8-1-2-9-6-14(17-20)15(19)12(9)5-8/h1-5,7,18,20H,6H2/b17-14-. The highest BCUT2D eigenvalue weighted by Crippen LogP contribution is 2.30. The number of nitrogens with zero attached hydrogens (tertiary/aromatic N) is 1. The SMILES string of the molecule is O=C1/C(=N\O)Cc2ccc(-c3ccc(O)cc3F)cc21. The van der Waals surface area contributed by atoms with Crippen LogP contribution in [0.25, 0.3) is 11.1 Å². The van der Waals surface area contributed by atoms with Crippen LogP contribution in [0.5, 0.6) is 5.75 Å². The Morgan fingerprint density at radius 3 is 2.60 bits per heavy atom. The molecule has 0 saturated heterocycles. The highest BCUT2D eigenvalue weighted by molar-refractivity contribution is 6.49. The Kier molecular flexibility index (Phi) is 2.75. The minimum absolute atomic E-state index is 0.0864. The lowest BCUT2D eigenvalue weighted by Crippen LogP contribution is -2.06. The fourth-order valence-corrected chi connectivity index (χ4v) is 2.34. The van der Waals surface area contributed by atoms with E-state index in [1.807, 2.05) is 0 Å². The van der Waals surface area contributed by atoms with Crippen LogP contribution in [0.1, 0.15) is 15.9 Å². The molecule has 0 saturated carbocycles. The molecule has 0 radical (unpaired) electrons. The first kappa shape index (κ1) is 12.3. The Balaban J connectivity index is 2.11. The molecule has 0 aliphatic heterocycles. The van der Waals surface area contributed by atoms with E-state index in [1.165, 1.54) is 12.1 Å². The van der Waals surface area contributed by atoms with Crippen molar-refractivity contribution in [3.63, 3.8) is 0 Å². The number of phenolic OH excluding ortho intramolecular Hbond substituents is 1. The summed E-state index contributed by atoms with van der Waals surface area (Å²) < 4.78 is 13.8. The molecule has 2 aromatic rings. The number of phenols is 1. The zero-order valence-electron chi connectivity index (χ0n) is 10.3. The van der Waals surface area contributed by atoms with Crippen LogP contribution in [-0.2, 0) is 6.42 Å². The molecule has 0 atom stereocenters. The lowest BCUT2D eigenvalue weighted by molar-refractivity contribution is 0.106. The minimum Gasteiger partial charge on any atom is -0.508 e. The quantitative estimate of drug-likeness (QED) is 0.619. The van der Waals surface area contributed by atoms with Gasteiger partial charge >= 0.3 is 0 Å². The van der Waals surface area contributed by atoms with Crippen LogP contribution in [-0.4, -0.2) is 21.8 Å². The molecule has 2 aromatic carbocycles. The Morgan fingerprint density at radius 2 is 1.90 bits per heavy atom. The molecule has 5 heteroatoms. The second-order valence-corrected chi connectivity index (χ2v) is 4.59. The third-order valence-electron chi connectivity index (χ3n) is 3.36. The van der Waals surface area contributed by atoms with Crippen molar-refractivity contribution in [1.29, 1.82) is 0 Å². The van der Waals surface area contributed by atoms with E-state index < -0.39 is 5.82 Å². The molecule has 3 rings (SSSR count). The zero-order valence-corrected chi connectivity index (χ0v) is 10.3. The topological polar surface area (TPSA) is 69.9 Å². The summed E-state index contributed by atoms with van der Waals surface area (Å²) >= 11 is 0. The number of oxime groups is 1. The lowest BCUT2D eigenvalue weighted by Gasteiger charge is -2.06. The van der Waals surface area contributed by atoms with Crippen molar-refractivity contribution in [2.45, 2.75) is 6.42 Å². The highest BCUT2D eigenvalue weighted by atomic mass is 19.1. The fraction of sp³-hybridized carbons (Fsp3) is 0.0667. The van der Waals surface area contributed by atoms with Gasteiger partial charge in [-0.25, -0.2) is 4.39 Å². The molecule has 0 unspecified atom stereocenters. The number of carbonyl (C=O) groups is 1. The van der Waals surface area contributed by atoms with Gasteiger partial charge in [-0.2, -0.15) is 0 Å². The van der Waals surface area contributed by atoms with Gasteiger partial charge < -0.3 is 10.3 Å². The maximum Gasteiger partial charge on any atom is 0.211 e. The third kappa shape index (κ3) is 1.84. The van der Waals surface area contributed by atoms with Gasteiger partial charge in [-0.1, -0.05) is 17.3 Å². The molecule has 1 aliphatic rings. The van der Waals surface area contributed by atoms with Crippen LogP contribution in [0.15, 0.2) is 41.6 Å². The van der Waals surface area contributed by atoms with Crippen molar-refractivity contribution in [3.8, 4) is 16.9 Å². The first-order chi connectivity index (χ1) is 9.60. The van der Waals surface area contributed by atoms with Gasteiger partial charge in [0, 0.05) is 23.6 Å². The van der Waals surface area contributed by atoms with E-state index in [0.29, 0.717) is 16.7 Å². The highest BCUT2D eigenvalue weighted by Gasteiger charge is 2.27. The summed E-state index contributed by atoms with van der Waals surface area (Å²) in [7, 11) is 0. The molecular formula is C15H10FNO3. The van der Waals surface area contributed by atoms with Crippen LogP contribution in [0.2, 0.25) is 0 Å². The van der Waals surface area contributed by atoms with E-state index in [4.69, 9.17) is 5.21 Å². The number of ketones is 1. The first-order valence-electron chi connectivity index (χ1n) is 5.97. The van der Waals surface area contributed by atoms with Crippen molar-refractivity contribution in [2.75, 3.05) is 0 Å². The summed E-state index contributed by atoms with van der Waals surface area (Å²) in [6.07, 6.45) is 0.281. The predicted octanol–water partition coefficient (Wildman–Crippen LogP) is 2.77. The predicted molar refractivity (Wildman–Crippen MR) is 70.8 cm³/mol. The van der Waals surface area contributed by atoms with Crippen LogP contribution in [0.3, 0.4) is 0 Å². The van der Waals surface area contributed by atoms with E-state index in [9.17, 15) is 14.3 Å². The maximum absolute atomic E-state index is 13.8. The number of fused-ring (bicyclic) bond motifs is 1. The summed E-state index contributed by atoms with van der Waals surface area (Å²) in [5, 5.41) is 20.9. The normalized spacial score (nSPS) is 15.7. The molecule has 1 aliphatic carbocycles. The maximum atomic E-state index is 13.8. The Morgan fingerprint density at radius 1 is 1.10 bits per heavy atom. The molecular weight excluding hydrogens is 261 g/mol. The van der Waals surface area contributed by atoms with Crippen LogP contribution < -0.4 is 0 Å². The average Bonchev–Trinajstić information content (AvgIpc) is 2.75. The molecule has 2 N–H and O–H groups in total. The summed E-state index contributed by atoms with van der Waals surface area (Å²) in [6, 6.07) is 8.84. The Hall–Kier alpha value is -2.69. The summed E-state index contributed by atoms with van der Waals surface area (Å²) in [5.41, 5.74) is 2.10. The Labute approximate surface area is 113 Å². The molecule has 100 valence electrons. The summed E-state index contributed by atoms with van der Waals surface area (Å²) in [4.78, 5) is 11.9. The molecule has 4 nitrogen and oxygen atoms in total. The second-order valence-electron chi connectivity index (χ2n) is 4.59. The Bertz CT molecular complexity index is 753. The van der Waals surface area contributed by atoms with Gasteiger partial charge in [0.25, 0.3) is 0 Å². The number of aromatic hydroxyl groups is 1. The summed E-state index contributed by atoms with van der Waals surface area (Å²) in [6.45, 7) is 0. The minimum atomic E-state index is -0.563. The van der Waals surface area contributed by atoms with E-state index in [0.717, 1.165) is 11.6 Å². The van der Waals surface area contributed by atoms with Gasteiger partial charge in [0.1, 0.15) is 17.3 Å². The molecule has 20 heavy (non-hydrogen) atoms. The van der Waals surface area contributed by atoms with Gasteiger partial charge in [0.15, 0.2) is 0 Å². The first-order valence-corrected chi connectivity index (χ1v) is 5.97. The van der Waals surface area contributed by atoms with Crippen LogP contribution >= 0.6 is 0 Å². The number of hydrogen-bond donors (Lipinski definition) is 2. The van der Waals surface area contributed by atoms with Gasteiger partial charge in [0.2, 0.25) is 5.78 Å². The van der Waals surface area contributed by atoms with Gasteiger partial charge in [0.05, 0.1) is 0 Å². The molecule has 0 amide bonds. The third-order valence-corrected chi connectivity index (χ3v) is 3.36. The molecule has 0 fully saturated rings. The van der Waals surface area contributed by atoms with E-state index in [-0.39, 0.29) is 23.7 Å². The van der Waals surface area contributed by atoms with Gasteiger partial charge in [-0.3, -0.25) is 4.79 Å². The van der Waals surface area contributed by atoms with E-state index >= 15 is 0 Å². The molecule has 0 aromatic heterocycles. The number of Topliss-reactive ketones (excluding diaryl/α,β-unsaturated/α-hetero) is 1. The zero-order chi connectivity index (χ0) is 14.3. The number of rotatable bonds is 1. The van der Waals surface area contributed by atoms with Gasteiger partial charge in [-0.05, 0) is 29.3 Å². The van der Waals surface area contributed by atoms with Crippen molar-refractivity contribution in [2.24, 2.45) is 5.16 Å².